The quantitative estimate of drug-likeness (QED) is 0.309. The van der Waals surface area contributed by atoms with Crippen molar-refractivity contribution in [3.63, 3.8) is 0 Å². The molecule has 1 amide bonds. The van der Waals surface area contributed by atoms with Gasteiger partial charge in [0.1, 0.15) is 11.4 Å². The van der Waals surface area contributed by atoms with Crippen LogP contribution in [0.4, 0.5) is 0 Å². The Morgan fingerprint density at radius 2 is 2.13 bits per heavy atom. The Labute approximate surface area is 186 Å². The molecule has 0 aliphatic heterocycles. The van der Waals surface area contributed by atoms with E-state index in [0.717, 1.165) is 28.9 Å². The van der Waals surface area contributed by atoms with Crippen LogP contribution < -0.4 is 0 Å². The second-order valence-electron chi connectivity index (χ2n) is 7.21. The summed E-state index contributed by atoms with van der Waals surface area (Å²) in [7, 11) is 1.82. The fourth-order valence-corrected chi connectivity index (χ4v) is 4.35. The number of nitrogens with zero attached hydrogens (tertiary/aromatic N) is 7. The Morgan fingerprint density at radius 1 is 1.29 bits per heavy atom. The van der Waals surface area contributed by atoms with Gasteiger partial charge in [-0.1, -0.05) is 35.5 Å². The van der Waals surface area contributed by atoms with Gasteiger partial charge in [0.2, 0.25) is 17.7 Å². The molecule has 3 aromatic heterocycles. The lowest BCUT2D eigenvalue weighted by Gasteiger charge is -2.20. The average Bonchev–Trinajstić information content (AvgIpc) is 3.40. The molecule has 11 heteroatoms. The van der Waals surface area contributed by atoms with Crippen molar-refractivity contribution < 1.29 is 9.21 Å². The largest absolute Gasteiger partial charge is 0.419 e. The van der Waals surface area contributed by atoms with Crippen molar-refractivity contribution in [3.05, 3.63) is 47.7 Å². The van der Waals surface area contributed by atoms with Crippen molar-refractivity contribution in [3.8, 4) is 11.5 Å². The average molecular weight is 456 g/mol. The van der Waals surface area contributed by atoms with E-state index in [1.807, 2.05) is 25.2 Å². The zero-order valence-corrected chi connectivity index (χ0v) is 18.2. The van der Waals surface area contributed by atoms with Crippen molar-refractivity contribution in [2.45, 2.75) is 30.5 Å². The second-order valence-corrected chi connectivity index (χ2v) is 8.58. The standard InChI is InChI=1S/C20H18ClN7O2S/c1-27-18-14(8-24-27)20(23-11-22-18)31-10-17(29)28(12-6-7-12)9-16-25-26-19(30-16)13-4-2-3-5-15(13)21/h2-5,8,11-12H,6-7,9-10H2,1H3. The Morgan fingerprint density at radius 3 is 2.94 bits per heavy atom. The van der Waals surface area contributed by atoms with E-state index in [0.29, 0.717) is 22.4 Å². The minimum Gasteiger partial charge on any atom is -0.419 e. The van der Waals surface area contributed by atoms with Crippen LogP contribution in [-0.4, -0.2) is 52.5 Å². The number of carbonyl (C=O) groups is 1. The monoisotopic (exact) mass is 455 g/mol. The first-order chi connectivity index (χ1) is 15.1. The molecule has 0 radical (unpaired) electrons. The summed E-state index contributed by atoms with van der Waals surface area (Å²) in [6.45, 7) is 0.271. The van der Waals surface area contributed by atoms with E-state index < -0.39 is 0 Å². The zero-order chi connectivity index (χ0) is 21.4. The van der Waals surface area contributed by atoms with Crippen LogP contribution in [0.15, 0.2) is 46.2 Å². The number of hydrogen-bond acceptors (Lipinski definition) is 8. The van der Waals surface area contributed by atoms with E-state index in [4.69, 9.17) is 16.0 Å². The number of amides is 1. The van der Waals surface area contributed by atoms with E-state index >= 15 is 0 Å². The fraction of sp³-hybridized carbons (Fsp3) is 0.300. The van der Waals surface area contributed by atoms with Gasteiger partial charge in [-0.05, 0) is 25.0 Å². The SMILES string of the molecule is Cn1ncc2c(SCC(=O)N(Cc3nnc(-c4ccccc4Cl)o3)C3CC3)ncnc21. The summed E-state index contributed by atoms with van der Waals surface area (Å²) >= 11 is 7.60. The topological polar surface area (TPSA) is 103 Å². The van der Waals surface area contributed by atoms with E-state index in [9.17, 15) is 4.79 Å². The number of aromatic nitrogens is 6. The van der Waals surface area contributed by atoms with Gasteiger partial charge in [0.05, 0.1) is 34.5 Å². The van der Waals surface area contributed by atoms with Gasteiger partial charge >= 0.3 is 0 Å². The first-order valence-corrected chi connectivity index (χ1v) is 11.1. The Hall–Kier alpha value is -2.98. The van der Waals surface area contributed by atoms with Gasteiger partial charge in [0.25, 0.3) is 0 Å². The highest BCUT2D eigenvalue weighted by Gasteiger charge is 2.34. The Bertz CT molecular complexity index is 1250. The molecule has 1 saturated carbocycles. The summed E-state index contributed by atoms with van der Waals surface area (Å²) in [6, 6.07) is 7.48. The lowest BCUT2D eigenvalue weighted by atomic mass is 10.2. The maximum Gasteiger partial charge on any atom is 0.249 e. The van der Waals surface area contributed by atoms with Crippen molar-refractivity contribution in [2.75, 3.05) is 5.75 Å². The summed E-state index contributed by atoms with van der Waals surface area (Å²) in [5.74, 6) is 0.985. The maximum atomic E-state index is 13.0. The van der Waals surface area contributed by atoms with Gasteiger partial charge in [-0.25, -0.2) is 9.97 Å². The maximum absolute atomic E-state index is 13.0. The van der Waals surface area contributed by atoms with Gasteiger partial charge in [0, 0.05) is 13.1 Å². The molecule has 1 aliphatic rings. The van der Waals surface area contributed by atoms with Gasteiger partial charge in [-0.15, -0.1) is 10.2 Å². The highest BCUT2D eigenvalue weighted by atomic mass is 35.5. The Kier molecular flexibility index (Phi) is 5.33. The smallest absolute Gasteiger partial charge is 0.249 e. The number of hydrogen-bond donors (Lipinski definition) is 0. The molecule has 0 saturated heterocycles. The third kappa shape index (κ3) is 4.13. The van der Waals surface area contributed by atoms with E-state index in [2.05, 4.69) is 25.3 Å². The molecule has 158 valence electrons. The van der Waals surface area contributed by atoms with Crippen molar-refractivity contribution in [2.24, 2.45) is 7.05 Å². The highest BCUT2D eigenvalue weighted by molar-refractivity contribution is 8.00. The minimum absolute atomic E-state index is 0.000598. The number of thioether (sulfide) groups is 1. The van der Waals surface area contributed by atoms with Crippen LogP contribution in [0.2, 0.25) is 5.02 Å². The van der Waals surface area contributed by atoms with Crippen molar-refractivity contribution in [1.82, 2.24) is 34.8 Å². The van der Waals surface area contributed by atoms with Crippen LogP contribution in [0.1, 0.15) is 18.7 Å². The summed E-state index contributed by atoms with van der Waals surface area (Å²) < 4.78 is 7.48. The van der Waals surface area contributed by atoms with Gasteiger partial charge in [-0.2, -0.15) is 5.10 Å². The molecule has 1 aliphatic carbocycles. The summed E-state index contributed by atoms with van der Waals surface area (Å²) in [6.07, 6.45) is 5.16. The Balaban J connectivity index is 1.29. The third-order valence-electron chi connectivity index (χ3n) is 5.01. The fourth-order valence-electron chi connectivity index (χ4n) is 3.28. The number of halogens is 1. The molecular weight excluding hydrogens is 438 g/mol. The molecule has 0 spiro atoms. The molecule has 1 fully saturated rings. The molecule has 0 N–H and O–H groups in total. The molecule has 5 rings (SSSR count). The minimum atomic E-state index is 0.000598. The van der Waals surface area contributed by atoms with E-state index in [1.54, 1.807) is 21.8 Å². The molecule has 0 bridgehead atoms. The number of aryl methyl sites for hydroxylation is 1. The first-order valence-electron chi connectivity index (χ1n) is 9.72. The lowest BCUT2D eigenvalue weighted by molar-refractivity contribution is -0.129. The molecule has 3 heterocycles. The van der Waals surface area contributed by atoms with Gasteiger partial charge in [-0.3, -0.25) is 9.48 Å². The molecule has 31 heavy (non-hydrogen) atoms. The number of carbonyl (C=O) groups excluding carboxylic acids is 1. The van der Waals surface area contributed by atoms with Crippen LogP contribution in [0, 0.1) is 0 Å². The zero-order valence-electron chi connectivity index (χ0n) is 16.6. The molecule has 0 atom stereocenters. The third-order valence-corrected chi connectivity index (χ3v) is 6.33. The van der Waals surface area contributed by atoms with Crippen LogP contribution in [0.25, 0.3) is 22.5 Å². The second kappa shape index (κ2) is 8.27. The van der Waals surface area contributed by atoms with E-state index in [1.165, 1.54) is 18.1 Å². The molecule has 1 aromatic carbocycles. The lowest BCUT2D eigenvalue weighted by Crippen LogP contribution is -2.34. The first kappa shape index (κ1) is 20.0. The van der Waals surface area contributed by atoms with E-state index in [-0.39, 0.29) is 24.2 Å². The highest BCUT2D eigenvalue weighted by Crippen LogP contribution is 2.31. The number of benzene rings is 1. The summed E-state index contributed by atoms with van der Waals surface area (Å²) in [5.41, 5.74) is 1.41. The van der Waals surface area contributed by atoms with Crippen molar-refractivity contribution >= 4 is 40.3 Å². The normalized spacial score (nSPS) is 13.6. The van der Waals surface area contributed by atoms with Crippen LogP contribution in [-0.2, 0) is 18.4 Å². The van der Waals surface area contributed by atoms with Crippen molar-refractivity contribution in [1.29, 1.82) is 0 Å². The molecule has 9 nitrogen and oxygen atoms in total. The summed E-state index contributed by atoms with van der Waals surface area (Å²) in [5, 5.41) is 14.5. The van der Waals surface area contributed by atoms with Crippen LogP contribution in [0.5, 0.6) is 0 Å². The number of rotatable bonds is 7. The predicted molar refractivity (Wildman–Crippen MR) is 115 cm³/mol. The van der Waals surface area contributed by atoms with Gasteiger partial charge in [0.15, 0.2) is 5.65 Å². The molecule has 4 aromatic rings. The van der Waals surface area contributed by atoms with Crippen LogP contribution >= 0.6 is 23.4 Å². The predicted octanol–water partition coefficient (Wildman–Crippen LogP) is 3.35. The molecular formula is C20H18ClN7O2S. The molecule has 0 unspecified atom stereocenters. The number of fused-ring (bicyclic) bond motifs is 1. The van der Waals surface area contributed by atoms with Gasteiger partial charge < -0.3 is 9.32 Å². The van der Waals surface area contributed by atoms with Crippen LogP contribution in [0.3, 0.4) is 0 Å². The summed E-state index contributed by atoms with van der Waals surface area (Å²) in [4.78, 5) is 23.4.